The molecule has 3 rings (SSSR count). The molecule has 3 nitrogen and oxygen atoms in total. The van der Waals surface area contributed by atoms with E-state index in [4.69, 9.17) is 0 Å². The molecule has 108 valence electrons. The molecule has 3 heteroatoms. The van der Waals surface area contributed by atoms with E-state index < -0.39 is 6.10 Å². The number of aliphatic hydroxyl groups excluding tert-OH is 1. The molecule has 0 aliphatic rings. The van der Waals surface area contributed by atoms with Gasteiger partial charge in [0.15, 0.2) is 0 Å². The van der Waals surface area contributed by atoms with Crippen LogP contribution in [0.2, 0.25) is 0 Å². The van der Waals surface area contributed by atoms with Gasteiger partial charge in [-0.15, -0.1) is 0 Å². The maximum Gasteiger partial charge on any atom is 0.138 e. The number of fused-ring (bicyclic) bond motifs is 1. The summed E-state index contributed by atoms with van der Waals surface area (Å²) in [6, 6.07) is 14.5. The van der Waals surface area contributed by atoms with Crippen molar-refractivity contribution in [2.75, 3.05) is 0 Å². The molecule has 0 amide bonds. The zero-order valence-electron chi connectivity index (χ0n) is 12.7. The largest absolute Gasteiger partial charge is 0.385 e. The number of hydrogen-bond acceptors (Lipinski definition) is 2. The second kappa shape index (κ2) is 5.34. The number of rotatable bonds is 3. The van der Waals surface area contributed by atoms with E-state index in [9.17, 15) is 5.11 Å². The SMILES string of the molecule is Cc1ccc(C)c(Cn2c([C@H](C)O)nc3ccccc32)c1. The average molecular weight is 280 g/mol. The van der Waals surface area contributed by atoms with Crippen LogP contribution in [-0.2, 0) is 6.54 Å². The predicted octanol–water partition coefficient (Wildman–Crippen LogP) is 3.75. The summed E-state index contributed by atoms with van der Waals surface area (Å²) in [5, 5.41) is 10.0. The highest BCUT2D eigenvalue weighted by Gasteiger charge is 2.15. The molecule has 0 radical (unpaired) electrons. The van der Waals surface area contributed by atoms with Crippen molar-refractivity contribution in [1.82, 2.24) is 9.55 Å². The van der Waals surface area contributed by atoms with E-state index in [1.807, 2.05) is 18.2 Å². The Morgan fingerprint density at radius 3 is 2.67 bits per heavy atom. The zero-order chi connectivity index (χ0) is 15.0. The summed E-state index contributed by atoms with van der Waals surface area (Å²) in [7, 11) is 0. The van der Waals surface area contributed by atoms with Gasteiger partial charge in [-0.1, -0.05) is 35.9 Å². The molecule has 0 saturated carbocycles. The normalized spacial score (nSPS) is 12.8. The molecule has 3 aromatic rings. The molecule has 21 heavy (non-hydrogen) atoms. The first-order chi connectivity index (χ1) is 10.1. The Kier molecular flexibility index (Phi) is 3.52. The molecule has 0 spiro atoms. The zero-order valence-corrected chi connectivity index (χ0v) is 12.7. The van der Waals surface area contributed by atoms with Crippen molar-refractivity contribution in [3.8, 4) is 0 Å². The van der Waals surface area contributed by atoms with Gasteiger partial charge >= 0.3 is 0 Å². The molecule has 1 heterocycles. The van der Waals surface area contributed by atoms with Crippen LogP contribution in [0.1, 0.15) is 35.5 Å². The molecule has 0 bridgehead atoms. The number of aromatic nitrogens is 2. The Morgan fingerprint density at radius 2 is 1.90 bits per heavy atom. The molecular weight excluding hydrogens is 260 g/mol. The second-order valence-electron chi connectivity index (χ2n) is 5.65. The number of para-hydroxylation sites is 2. The summed E-state index contributed by atoms with van der Waals surface area (Å²) in [5.41, 5.74) is 5.77. The second-order valence-corrected chi connectivity index (χ2v) is 5.65. The number of imidazole rings is 1. The van der Waals surface area contributed by atoms with Crippen LogP contribution in [0.3, 0.4) is 0 Å². The fourth-order valence-electron chi connectivity index (χ4n) is 2.72. The van der Waals surface area contributed by atoms with E-state index in [0.717, 1.165) is 23.4 Å². The lowest BCUT2D eigenvalue weighted by Crippen LogP contribution is -2.09. The molecule has 0 aliphatic heterocycles. The summed E-state index contributed by atoms with van der Waals surface area (Å²) in [6.07, 6.45) is -0.581. The van der Waals surface area contributed by atoms with E-state index in [-0.39, 0.29) is 0 Å². The van der Waals surface area contributed by atoms with Crippen molar-refractivity contribution >= 4 is 11.0 Å². The Balaban J connectivity index is 2.15. The van der Waals surface area contributed by atoms with Crippen molar-refractivity contribution in [1.29, 1.82) is 0 Å². The van der Waals surface area contributed by atoms with Crippen LogP contribution >= 0.6 is 0 Å². The first-order valence-electron chi connectivity index (χ1n) is 7.25. The first kappa shape index (κ1) is 13.8. The van der Waals surface area contributed by atoms with Crippen molar-refractivity contribution in [3.05, 3.63) is 65.0 Å². The van der Waals surface area contributed by atoms with Gasteiger partial charge in [0.05, 0.1) is 11.0 Å². The minimum atomic E-state index is -0.581. The Bertz CT molecular complexity index is 787. The third-order valence-corrected chi connectivity index (χ3v) is 3.89. The number of benzene rings is 2. The molecule has 0 saturated heterocycles. The highest BCUT2D eigenvalue weighted by Crippen LogP contribution is 2.23. The molecule has 2 aromatic carbocycles. The summed E-state index contributed by atoms with van der Waals surface area (Å²) < 4.78 is 2.11. The minimum Gasteiger partial charge on any atom is -0.385 e. The average Bonchev–Trinajstić information content (AvgIpc) is 2.82. The van der Waals surface area contributed by atoms with Gasteiger partial charge in [0.2, 0.25) is 0 Å². The van der Waals surface area contributed by atoms with Crippen molar-refractivity contribution in [3.63, 3.8) is 0 Å². The Hall–Kier alpha value is -2.13. The van der Waals surface area contributed by atoms with Gasteiger partial charge in [0.25, 0.3) is 0 Å². The lowest BCUT2D eigenvalue weighted by molar-refractivity contribution is 0.185. The monoisotopic (exact) mass is 280 g/mol. The molecule has 1 atom stereocenters. The summed E-state index contributed by atoms with van der Waals surface area (Å²) in [5.74, 6) is 0.720. The summed E-state index contributed by atoms with van der Waals surface area (Å²) >= 11 is 0. The molecule has 0 aliphatic carbocycles. The van der Waals surface area contributed by atoms with Gasteiger partial charge in [0.1, 0.15) is 11.9 Å². The lowest BCUT2D eigenvalue weighted by Gasteiger charge is -2.13. The Labute approximate surface area is 124 Å². The quantitative estimate of drug-likeness (QED) is 0.793. The third kappa shape index (κ3) is 2.57. The number of aliphatic hydroxyl groups is 1. The maximum absolute atomic E-state index is 10.0. The highest BCUT2D eigenvalue weighted by molar-refractivity contribution is 5.76. The maximum atomic E-state index is 10.0. The van der Waals surface area contributed by atoms with Gasteiger partial charge in [-0.25, -0.2) is 4.98 Å². The van der Waals surface area contributed by atoms with Gasteiger partial charge in [-0.05, 0) is 44.0 Å². The molecule has 1 aromatic heterocycles. The van der Waals surface area contributed by atoms with Crippen LogP contribution < -0.4 is 0 Å². The topological polar surface area (TPSA) is 38.0 Å². The van der Waals surface area contributed by atoms with Crippen molar-refractivity contribution < 1.29 is 5.11 Å². The predicted molar refractivity (Wildman–Crippen MR) is 85.4 cm³/mol. The van der Waals surface area contributed by atoms with Gasteiger partial charge in [0, 0.05) is 6.54 Å². The molecule has 0 unspecified atom stereocenters. The van der Waals surface area contributed by atoms with E-state index in [1.165, 1.54) is 16.7 Å². The smallest absolute Gasteiger partial charge is 0.138 e. The van der Waals surface area contributed by atoms with Crippen LogP contribution in [0.4, 0.5) is 0 Å². The van der Waals surface area contributed by atoms with E-state index in [0.29, 0.717) is 0 Å². The van der Waals surface area contributed by atoms with Crippen LogP contribution in [0.15, 0.2) is 42.5 Å². The summed E-state index contributed by atoms with van der Waals surface area (Å²) in [6.45, 7) is 6.72. The Morgan fingerprint density at radius 1 is 1.14 bits per heavy atom. The highest BCUT2D eigenvalue weighted by atomic mass is 16.3. The molecule has 1 N–H and O–H groups in total. The van der Waals surface area contributed by atoms with E-state index in [1.54, 1.807) is 6.92 Å². The number of hydrogen-bond donors (Lipinski definition) is 1. The first-order valence-corrected chi connectivity index (χ1v) is 7.25. The molecular formula is C18H20N2O. The summed E-state index contributed by atoms with van der Waals surface area (Å²) in [4.78, 5) is 4.57. The fraction of sp³-hybridized carbons (Fsp3) is 0.278. The van der Waals surface area contributed by atoms with Gasteiger partial charge in [-0.2, -0.15) is 0 Å². The van der Waals surface area contributed by atoms with Crippen molar-refractivity contribution in [2.24, 2.45) is 0 Å². The van der Waals surface area contributed by atoms with Crippen LogP contribution in [0, 0.1) is 13.8 Å². The van der Waals surface area contributed by atoms with Crippen LogP contribution in [-0.4, -0.2) is 14.7 Å². The standard InChI is InChI=1S/C18H20N2O/c1-12-8-9-13(2)15(10-12)11-20-17-7-5-4-6-16(17)19-18(20)14(3)21/h4-10,14,21H,11H2,1-3H3/t14-/m0/s1. The number of aryl methyl sites for hydroxylation is 2. The van der Waals surface area contributed by atoms with E-state index >= 15 is 0 Å². The van der Waals surface area contributed by atoms with Crippen molar-refractivity contribution in [2.45, 2.75) is 33.4 Å². The van der Waals surface area contributed by atoms with E-state index in [2.05, 4.69) is 47.7 Å². The lowest BCUT2D eigenvalue weighted by atomic mass is 10.1. The van der Waals surface area contributed by atoms with Gasteiger partial charge in [-0.3, -0.25) is 0 Å². The minimum absolute atomic E-state index is 0.581. The number of nitrogens with zero attached hydrogens (tertiary/aromatic N) is 2. The van der Waals surface area contributed by atoms with Crippen LogP contribution in [0.25, 0.3) is 11.0 Å². The fourth-order valence-corrected chi connectivity index (χ4v) is 2.72. The van der Waals surface area contributed by atoms with Crippen LogP contribution in [0.5, 0.6) is 0 Å². The molecule has 0 fully saturated rings. The third-order valence-electron chi connectivity index (χ3n) is 3.89. The van der Waals surface area contributed by atoms with Gasteiger partial charge < -0.3 is 9.67 Å².